The average molecular weight is 378 g/mol. The zero-order valence-corrected chi connectivity index (χ0v) is 18.3. The number of unbranched alkanes of at least 4 members (excludes halogenated alkanes) is 9. The third kappa shape index (κ3) is 13.7. The fourth-order valence-corrected chi connectivity index (χ4v) is 3.39. The lowest BCUT2D eigenvalue weighted by Crippen LogP contribution is -2.84. The van der Waals surface area contributed by atoms with Crippen molar-refractivity contribution in [3.8, 4) is 0 Å². The zero-order valence-electron chi connectivity index (χ0n) is 18.3. The summed E-state index contributed by atoms with van der Waals surface area (Å²) in [6, 6.07) is 0. The Bertz CT molecular complexity index is 274. The molecule has 0 spiro atoms. The first-order chi connectivity index (χ1) is 13.3. The Morgan fingerprint density at radius 3 is 1.00 bits per heavy atom. The van der Waals surface area contributed by atoms with Crippen LogP contribution in [0.1, 0.15) is 97.8 Å². The van der Waals surface area contributed by atoms with Crippen molar-refractivity contribution in [1.29, 1.82) is 0 Å². The van der Waals surface area contributed by atoms with E-state index in [4.69, 9.17) is 0 Å². The topological polar surface area (TPSA) is 72.2 Å². The van der Waals surface area contributed by atoms with Gasteiger partial charge in [0.05, 0.1) is 0 Å². The molecule has 1 aliphatic heterocycles. The first-order valence-corrected chi connectivity index (χ1v) is 11.8. The molecule has 9 heteroatoms. The lowest BCUT2D eigenvalue weighted by Gasteiger charge is -2.33. The van der Waals surface area contributed by atoms with Crippen molar-refractivity contribution in [3.63, 3.8) is 0 Å². The molecule has 0 radical (unpaired) electrons. The lowest BCUT2D eigenvalue weighted by atomic mass is 9.64. The Morgan fingerprint density at radius 2 is 0.741 bits per heavy atom. The second kappa shape index (κ2) is 18.0. The summed E-state index contributed by atoms with van der Waals surface area (Å²) in [7, 11) is 0.400. The molecule has 6 nitrogen and oxygen atoms in total. The van der Waals surface area contributed by atoms with E-state index in [1.54, 1.807) is 0 Å². The molecule has 0 amide bonds. The average Bonchev–Trinajstić information content (AvgIpc) is 2.67. The van der Waals surface area contributed by atoms with E-state index in [9.17, 15) is 0 Å². The predicted molar refractivity (Wildman–Crippen MR) is 123 cm³/mol. The van der Waals surface area contributed by atoms with E-state index in [0.29, 0.717) is 0 Å². The Hall–Kier alpha value is -0.0452. The summed E-state index contributed by atoms with van der Waals surface area (Å²) in [5.74, 6) is 0. The van der Waals surface area contributed by atoms with E-state index in [2.05, 4.69) is 51.9 Å². The number of hydrogen-bond acceptors (Lipinski definition) is 6. The Morgan fingerprint density at radius 1 is 0.444 bits per heavy atom. The second-order valence-electron chi connectivity index (χ2n) is 7.84. The maximum atomic E-state index is 3.62. The Labute approximate surface area is 170 Å². The molecule has 0 bridgehead atoms. The predicted octanol–water partition coefficient (Wildman–Crippen LogP) is 2.23. The number of hydrogen-bond donors (Lipinski definition) is 6. The number of nitrogens with one attached hydrogen (secondary N) is 6. The third-order valence-corrected chi connectivity index (χ3v) is 5.14. The molecule has 1 aliphatic rings. The molecule has 0 aromatic carbocycles. The van der Waals surface area contributed by atoms with Crippen molar-refractivity contribution in [3.05, 3.63) is 0 Å². The highest BCUT2D eigenvalue weighted by molar-refractivity contribution is 6.84. The lowest BCUT2D eigenvalue weighted by molar-refractivity contribution is 0.643. The van der Waals surface area contributed by atoms with E-state index in [1.807, 2.05) is 0 Å². The van der Waals surface area contributed by atoms with E-state index in [-0.39, 0.29) is 21.4 Å². The van der Waals surface area contributed by atoms with Crippen LogP contribution in [-0.2, 0) is 0 Å². The van der Waals surface area contributed by atoms with Crippen LogP contribution in [0.5, 0.6) is 0 Å². The number of rotatable bonds is 18. The molecule has 1 fully saturated rings. The minimum absolute atomic E-state index is 0.133. The largest absolute Gasteiger partial charge is 0.376 e. The van der Waals surface area contributed by atoms with Crippen molar-refractivity contribution in [1.82, 2.24) is 31.1 Å². The fourth-order valence-electron chi connectivity index (χ4n) is 3.39. The molecule has 0 aromatic rings. The molecular formula is C18H45B3N6. The van der Waals surface area contributed by atoms with Gasteiger partial charge < -0.3 is 31.1 Å². The highest BCUT2D eigenvalue weighted by Gasteiger charge is 2.35. The van der Waals surface area contributed by atoms with Crippen LogP contribution in [0, 0.1) is 0 Å². The van der Waals surface area contributed by atoms with Gasteiger partial charge in [-0.15, -0.1) is 0 Å². The van der Waals surface area contributed by atoms with Gasteiger partial charge in [-0.3, -0.25) is 0 Å². The van der Waals surface area contributed by atoms with Crippen LogP contribution in [0.4, 0.5) is 0 Å². The van der Waals surface area contributed by atoms with Gasteiger partial charge in [0.2, 0.25) is 0 Å². The van der Waals surface area contributed by atoms with E-state index in [1.165, 1.54) is 77.0 Å². The van der Waals surface area contributed by atoms with E-state index in [0.717, 1.165) is 19.6 Å². The van der Waals surface area contributed by atoms with Crippen molar-refractivity contribution in [2.75, 3.05) is 19.6 Å². The van der Waals surface area contributed by atoms with Gasteiger partial charge in [0.1, 0.15) is 0 Å². The molecule has 0 aliphatic carbocycles. The van der Waals surface area contributed by atoms with Gasteiger partial charge in [0, 0.05) is 0 Å². The van der Waals surface area contributed by atoms with Crippen molar-refractivity contribution in [2.45, 2.75) is 97.8 Å². The molecule has 0 saturated carbocycles. The molecule has 0 unspecified atom stereocenters. The smallest absolute Gasteiger partial charge is 0.342 e. The molecule has 1 heterocycles. The van der Waals surface area contributed by atoms with Crippen molar-refractivity contribution >= 4 is 21.4 Å². The van der Waals surface area contributed by atoms with Crippen LogP contribution in [0.15, 0.2) is 0 Å². The van der Waals surface area contributed by atoms with Crippen molar-refractivity contribution in [2.24, 2.45) is 0 Å². The van der Waals surface area contributed by atoms with Crippen LogP contribution in [0.3, 0.4) is 0 Å². The van der Waals surface area contributed by atoms with Gasteiger partial charge in [0.15, 0.2) is 0 Å². The van der Waals surface area contributed by atoms with Gasteiger partial charge in [0.25, 0.3) is 0 Å². The van der Waals surface area contributed by atoms with Gasteiger partial charge in [-0.25, -0.2) is 0 Å². The highest BCUT2D eigenvalue weighted by Crippen LogP contribution is 1.99. The zero-order chi connectivity index (χ0) is 19.6. The maximum absolute atomic E-state index is 3.62. The summed E-state index contributed by atoms with van der Waals surface area (Å²) in [6.45, 7) is 9.94. The van der Waals surface area contributed by atoms with Crippen LogP contribution in [-0.4, -0.2) is 41.0 Å². The maximum Gasteiger partial charge on any atom is 0.376 e. The molecule has 0 aromatic heterocycles. The van der Waals surface area contributed by atoms with E-state index >= 15 is 0 Å². The SMILES string of the molecule is CCCCCCNB1NB(NCCCCCC)NB(NCCCCCC)N1. The summed E-state index contributed by atoms with van der Waals surface area (Å²) < 4.78 is 0. The normalized spacial score (nSPS) is 15.0. The monoisotopic (exact) mass is 378 g/mol. The van der Waals surface area contributed by atoms with Crippen LogP contribution >= 0.6 is 0 Å². The molecular weight excluding hydrogens is 333 g/mol. The molecule has 1 rings (SSSR count). The second-order valence-corrected chi connectivity index (χ2v) is 7.84. The van der Waals surface area contributed by atoms with E-state index < -0.39 is 0 Å². The third-order valence-electron chi connectivity index (χ3n) is 5.14. The fraction of sp³-hybridized carbons (Fsp3) is 1.00. The summed E-state index contributed by atoms with van der Waals surface area (Å²) in [6.07, 6.45) is 15.5. The molecule has 27 heavy (non-hydrogen) atoms. The van der Waals surface area contributed by atoms with Gasteiger partial charge in [-0.1, -0.05) is 78.6 Å². The molecule has 156 valence electrons. The standard InChI is InChI=1S/C18H45B3N6/c1-4-7-10-13-16-22-19-25-20(23-17-14-11-8-5-2)27-21(26-19)24-18-15-12-9-6-3/h22-27H,4-18H2,1-3H3. The van der Waals surface area contributed by atoms with Gasteiger partial charge in [-0.2, -0.15) is 0 Å². The van der Waals surface area contributed by atoms with Crippen molar-refractivity contribution < 1.29 is 0 Å². The van der Waals surface area contributed by atoms with Crippen LogP contribution < -0.4 is 31.1 Å². The first kappa shape index (κ1) is 25.0. The Balaban J connectivity index is 2.31. The highest BCUT2D eigenvalue weighted by atomic mass is 15.2. The van der Waals surface area contributed by atoms with Gasteiger partial charge >= 0.3 is 21.4 Å². The Kier molecular flexibility index (Phi) is 16.7. The molecule has 6 N–H and O–H groups in total. The van der Waals surface area contributed by atoms with Gasteiger partial charge in [-0.05, 0) is 38.9 Å². The van der Waals surface area contributed by atoms with Crippen LogP contribution in [0.2, 0.25) is 0 Å². The minimum Gasteiger partial charge on any atom is -0.342 e. The summed E-state index contributed by atoms with van der Waals surface area (Å²) >= 11 is 0. The molecule has 1 saturated heterocycles. The minimum atomic E-state index is 0.133. The van der Waals surface area contributed by atoms with Crippen LogP contribution in [0.25, 0.3) is 0 Å². The summed E-state index contributed by atoms with van der Waals surface area (Å²) in [5.41, 5.74) is 0. The summed E-state index contributed by atoms with van der Waals surface area (Å²) in [5, 5.41) is 21.6. The quantitative estimate of drug-likeness (QED) is 0.162. The summed E-state index contributed by atoms with van der Waals surface area (Å²) in [4.78, 5) is 0. The molecule has 0 atom stereocenters. The first-order valence-electron chi connectivity index (χ1n) is 11.8.